The number of nitrogens with two attached hydrogens (primary N) is 1. The van der Waals surface area contributed by atoms with Gasteiger partial charge in [-0.1, -0.05) is 0 Å². The van der Waals surface area contributed by atoms with Gasteiger partial charge in [0, 0.05) is 11.8 Å². The standard InChI is InChI=1S/C7H13N3O/c1-7(11,2-3-8)6-4-9-10-5-6/h4-5,11H,2-3,8H2,1H3,(H,9,10). The van der Waals surface area contributed by atoms with Crippen molar-refractivity contribution in [2.24, 2.45) is 5.73 Å². The Labute approximate surface area is 65.4 Å². The van der Waals surface area contributed by atoms with Crippen molar-refractivity contribution in [2.45, 2.75) is 18.9 Å². The first kappa shape index (κ1) is 8.23. The van der Waals surface area contributed by atoms with Gasteiger partial charge in [-0.15, -0.1) is 0 Å². The maximum Gasteiger partial charge on any atom is 0.0910 e. The molecule has 0 aromatic carbocycles. The summed E-state index contributed by atoms with van der Waals surface area (Å²) in [4.78, 5) is 0. The highest BCUT2D eigenvalue weighted by Crippen LogP contribution is 2.21. The van der Waals surface area contributed by atoms with Gasteiger partial charge in [0.05, 0.1) is 11.8 Å². The number of H-pyrrole nitrogens is 1. The van der Waals surface area contributed by atoms with Gasteiger partial charge in [-0.05, 0) is 19.9 Å². The quantitative estimate of drug-likeness (QED) is 0.573. The van der Waals surface area contributed by atoms with E-state index >= 15 is 0 Å². The lowest BCUT2D eigenvalue weighted by Crippen LogP contribution is -2.24. The van der Waals surface area contributed by atoms with Crippen LogP contribution in [-0.4, -0.2) is 21.8 Å². The van der Waals surface area contributed by atoms with E-state index in [1.807, 2.05) is 0 Å². The number of nitrogens with one attached hydrogen (secondary N) is 1. The van der Waals surface area contributed by atoms with Crippen LogP contribution in [-0.2, 0) is 5.60 Å². The highest BCUT2D eigenvalue weighted by Gasteiger charge is 2.22. The van der Waals surface area contributed by atoms with Gasteiger partial charge < -0.3 is 10.8 Å². The van der Waals surface area contributed by atoms with Gasteiger partial charge in [0.1, 0.15) is 0 Å². The molecule has 1 aromatic rings. The molecule has 1 heterocycles. The minimum Gasteiger partial charge on any atom is -0.385 e. The summed E-state index contributed by atoms with van der Waals surface area (Å²) in [6.45, 7) is 2.20. The predicted octanol–water partition coefficient (Wildman–Crippen LogP) is -0.0340. The molecule has 1 unspecified atom stereocenters. The molecule has 4 heteroatoms. The van der Waals surface area contributed by atoms with E-state index in [-0.39, 0.29) is 0 Å². The van der Waals surface area contributed by atoms with E-state index in [2.05, 4.69) is 10.2 Å². The summed E-state index contributed by atoms with van der Waals surface area (Å²) in [6, 6.07) is 0. The summed E-state index contributed by atoms with van der Waals surface area (Å²) in [7, 11) is 0. The molecule has 0 amide bonds. The average Bonchev–Trinajstić information content (AvgIpc) is 2.37. The molecule has 0 bridgehead atoms. The smallest absolute Gasteiger partial charge is 0.0910 e. The minimum atomic E-state index is -0.845. The van der Waals surface area contributed by atoms with Crippen molar-refractivity contribution >= 4 is 0 Å². The van der Waals surface area contributed by atoms with Crippen molar-refractivity contribution in [1.29, 1.82) is 0 Å². The van der Waals surface area contributed by atoms with E-state index < -0.39 is 5.60 Å². The van der Waals surface area contributed by atoms with E-state index in [4.69, 9.17) is 5.73 Å². The third kappa shape index (κ3) is 1.78. The summed E-state index contributed by atoms with van der Waals surface area (Å²) in [5.74, 6) is 0. The molecule has 0 spiro atoms. The summed E-state index contributed by atoms with van der Waals surface area (Å²) in [5.41, 5.74) is 5.27. The number of aromatic amines is 1. The molecule has 62 valence electrons. The summed E-state index contributed by atoms with van der Waals surface area (Å²) in [6.07, 6.45) is 3.83. The van der Waals surface area contributed by atoms with Crippen molar-refractivity contribution in [1.82, 2.24) is 10.2 Å². The second-order valence-corrected chi connectivity index (χ2v) is 2.80. The van der Waals surface area contributed by atoms with Gasteiger partial charge in [0.15, 0.2) is 0 Å². The molecule has 0 fully saturated rings. The fourth-order valence-electron chi connectivity index (χ4n) is 0.971. The molecule has 0 aliphatic carbocycles. The first-order valence-corrected chi connectivity index (χ1v) is 3.58. The Bertz CT molecular complexity index is 205. The van der Waals surface area contributed by atoms with E-state index in [1.165, 1.54) is 0 Å². The molecule has 0 saturated carbocycles. The number of hydrogen-bond acceptors (Lipinski definition) is 3. The Kier molecular flexibility index (Phi) is 2.26. The molecule has 1 aromatic heterocycles. The van der Waals surface area contributed by atoms with Gasteiger partial charge in [-0.25, -0.2) is 0 Å². The van der Waals surface area contributed by atoms with Crippen molar-refractivity contribution in [3.63, 3.8) is 0 Å². The number of nitrogens with zero attached hydrogens (tertiary/aromatic N) is 1. The largest absolute Gasteiger partial charge is 0.385 e. The molecule has 0 aliphatic heterocycles. The van der Waals surface area contributed by atoms with Crippen LogP contribution < -0.4 is 5.73 Å². The SMILES string of the molecule is CC(O)(CCN)c1cn[nH]c1. The Morgan fingerprint density at radius 3 is 3.00 bits per heavy atom. The van der Waals surface area contributed by atoms with Crippen LogP contribution in [0.5, 0.6) is 0 Å². The van der Waals surface area contributed by atoms with Crippen LogP contribution >= 0.6 is 0 Å². The number of aromatic nitrogens is 2. The van der Waals surface area contributed by atoms with Crippen LogP contribution in [0.25, 0.3) is 0 Å². The van der Waals surface area contributed by atoms with Crippen LogP contribution in [0.1, 0.15) is 18.9 Å². The van der Waals surface area contributed by atoms with Gasteiger partial charge in [0.2, 0.25) is 0 Å². The van der Waals surface area contributed by atoms with Gasteiger partial charge >= 0.3 is 0 Å². The third-order valence-electron chi connectivity index (χ3n) is 1.75. The molecule has 4 N–H and O–H groups in total. The minimum absolute atomic E-state index is 0.470. The fraction of sp³-hybridized carbons (Fsp3) is 0.571. The van der Waals surface area contributed by atoms with Crippen LogP contribution in [0, 0.1) is 0 Å². The Morgan fingerprint density at radius 1 is 1.82 bits per heavy atom. The zero-order valence-electron chi connectivity index (χ0n) is 6.54. The molecule has 1 rings (SSSR count). The van der Waals surface area contributed by atoms with Gasteiger partial charge in [0.25, 0.3) is 0 Å². The molecular weight excluding hydrogens is 142 g/mol. The van der Waals surface area contributed by atoms with Crippen molar-refractivity contribution in [2.75, 3.05) is 6.54 Å². The summed E-state index contributed by atoms with van der Waals surface area (Å²) < 4.78 is 0. The highest BCUT2D eigenvalue weighted by atomic mass is 16.3. The maximum absolute atomic E-state index is 9.73. The number of rotatable bonds is 3. The van der Waals surface area contributed by atoms with Crippen LogP contribution in [0.4, 0.5) is 0 Å². The second kappa shape index (κ2) is 3.02. The van der Waals surface area contributed by atoms with E-state index in [0.717, 1.165) is 5.56 Å². The van der Waals surface area contributed by atoms with Crippen LogP contribution in [0.2, 0.25) is 0 Å². The first-order chi connectivity index (χ1) is 5.17. The average molecular weight is 155 g/mol. The summed E-state index contributed by atoms with van der Waals surface area (Å²) >= 11 is 0. The molecule has 4 nitrogen and oxygen atoms in total. The lowest BCUT2D eigenvalue weighted by Gasteiger charge is -2.20. The second-order valence-electron chi connectivity index (χ2n) is 2.80. The van der Waals surface area contributed by atoms with Crippen molar-refractivity contribution in [3.8, 4) is 0 Å². The van der Waals surface area contributed by atoms with Crippen molar-refractivity contribution < 1.29 is 5.11 Å². The predicted molar refractivity (Wildman–Crippen MR) is 41.8 cm³/mol. The van der Waals surface area contributed by atoms with Gasteiger partial charge in [-0.3, -0.25) is 5.10 Å². The Hall–Kier alpha value is -0.870. The molecular formula is C7H13N3O. The van der Waals surface area contributed by atoms with Crippen molar-refractivity contribution in [3.05, 3.63) is 18.0 Å². The molecule has 0 radical (unpaired) electrons. The molecule has 0 aliphatic rings. The van der Waals surface area contributed by atoms with Gasteiger partial charge in [-0.2, -0.15) is 5.10 Å². The summed E-state index contributed by atoms with van der Waals surface area (Å²) in [5, 5.41) is 16.1. The number of hydrogen-bond donors (Lipinski definition) is 3. The third-order valence-corrected chi connectivity index (χ3v) is 1.75. The molecule has 1 atom stereocenters. The monoisotopic (exact) mass is 155 g/mol. The Balaban J connectivity index is 2.73. The lowest BCUT2D eigenvalue weighted by molar-refractivity contribution is 0.0504. The first-order valence-electron chi connectivity index (χ1n) is 3.58. The van der Waals surface area contributed by atoms with Crippen LogP contribution in [0.3, 0.4) is 0 Å². The van der Waals surface area contributed by atoms with E-state index in [9.17, 15) is 5.11 Å². The van der Waals surface area contributed by atoms with Crippen LogP contribution in [0.15, 0.2) is 12.4 Å². The lowest BCUT2D eigenvalue weighted by atomic mass is 9.96. The normalized spacial score (nSPS) is 16.3. The highest BCUT2D eigenvalue weighted by molar-refractivity contribution is 5.12. The van der Waals surface area contributed by atoms with E-state index in [0.29, 0.717) is 13.0 Å². The fourth-order valence-corrected chi connectivity index (χ4v) is 0.971. The molecule has 0 saturated heterocycles. The topological polar surface area (TPSA) is 74.9 Å². The zero-order chi connectivity index (χ0) is 8.32. The zero-order valence-corrected chi connectivity index (χ0v) is 6.54. The maximum atomic E-state index is 9.73. The number of aliphatic hydroxyl groups is 1. The van der Waals surface area contributed by atoms with E-state index in [1.54, 1.807) is 19.3 Å². The Morgan fingerprint density at radius 2 is 2.55 bits per heavy atom. The molecule has 11 heavy (non-hydrogen) atoms.